The van der Waals surface area contributed by atoms with Crippen LogP contribution in [0.5, 0.6) is 0 Å². The van der Waals surface area contributed by atoms with E-state index in [1.54, 1.807) is 0 Å². The second-order valence-electron chi connectivity index (χ2n) is 0. The standard InChI is InChI=1S/Co.Fe.Ni.V.Zr. The van der Waals surface area contributed by atoms with Gasteiger partial charge in [0, 0.05) is 95.1 Å². The third-order valence-corrected chi connectivity index (χ3v) is 0. The average Bonchev–Trinajstić information content (AvgIpc) is 0. The van der Waals surface area contributed by atoms with E-state index in [-0.39, 0.29) is 95.1 Å². The largest absolute Gasteiger partial charge is 0 e. The monoisotopic (exact) mass is 314 g/mol. The predicted octanol–water partition coefficient (Wildman–Crippen LogP) is -0.0125. The van der Waals surface area contributed by atoms with Gasteiger partial charge in [0.1, 0.15) is 0 Å². The molecule has 0 aromatic rings. The van der Waals surface area contributed by atoms with Gasteiger partial charge in [0.05, 0.1) is 0 Å². The maximum atomic E-state index is 0. The van der Waals surface area contributed by atoms with Crippen LogP contribution in [0.4, 0.5) is 0 Å². The quantitative estimate of drug-likeness (QED) is 0.552. The van der Waals surface area contributed by atoms with E-state index in [0.29, 0.717) is 0 Å². The molecule has 5 heavy (non-hydrogen) atoms. The van der Waals surface area contributed by atoms with Gasteiger partial charge < -0.3 is 0 Å². The molecule has 5 heteroatoms. The summed E-state index contributed by atoms with van der Waals surface area (Å²) >= 11 is 0. The molecule has 0 aliphatic rings. The Morgan fingerprint density at radius 2 is 1.00 bits per heavy atom. The van der Waals surface area contributed by atoms with Gasteiger partial charge in [-0.15, -0.1) is 0 Å². The molecule has 0 fully saturated rings. The Bertz CT molecular complexity index is 11.6. The first-order valence-electron chi connectivity index (χ1n) is 0. The molecule has 0 rings (SSSR count). The Morgan fingerprint density at radius 3 is 1.00 bits per heavy atom. The molecule has 0 saturated carbocycles. The summed E-state index contributed by atoms with van der Waals surface area (Å²) in [5.74, 6) is 0. The van der Waals surface area contributed by atoms with E-state index in [2.05, 4.69) is 0 Å². The zero-order valence-electron chi connectivity index (χ0n) is 1.95. The van der Waals surface area contributed by atoms with Crippen molar-refractivity contribution in [2.75, 3.05) is 0 Å². The van der Waals surface area contributed by atoms with Gasteiger partial charge in [-0.2, -0.15) is 0 Å². The van der Waals surface area contributed by atoms with E-state index in [4.69, 9.17) is 0 Å². The van der Waals surface area contributed by atoms with Crippen molar-refractivity contribution < 1.29 is 95.1 Å². The molecule has 0 spiro atoms. The molecule has 0 heterocycles. The number of hydrogen-bond donors (Lipinski definition) is 0. The van der Waals surface area contributed by atoms with Crippen LogP contribution in [0.2, 0.25) is 0 Å². The fourth-order valence-electron chi connectivity index (χ4n) is 0. The van der Waals surface area contributed by atoms with Crippen LogP contribution in [0.1, 0.15) is 0 Å². The zero-order valence-corrected chi connectivity index (χ0v) is 8.94. The van der Waals surface area contributed by atoms with Crippen LogP contribution in [0.3, 0.4) is 0 Å². The van der Waals surface area contributed by atoms with Crippen LogP contribution in [-0.2, 0) is 95.1 Å². The summed E-state index contributed by atoms with van der Waals surface area (Å²) in [5, 5.41) is 0. The van der Waals surface area contributed by atoms with Crippen LogP contribution in [0.25, 0.3) is 0 Å². The third kappa shape index (κ3) is 19.5. The van der Waals surface area contributed by atoms with Crippen molar-refractivity contribution in [2.45, 2.75) is 0 Å². The van der Waals surface area contributed by atoms with Crippen LogP contribution < -0.4 is 0 Å². The summed E-state index contributed by atoms with van der Waals surface area (Å²) in [4.78, 5) is 0. The average molecular weight is 316 g/mol. The molecule has 36 valence electrons. The third-order valence-electron chi connectivity index (χ3n) is 0. The molecular weight excluding hydrogens is 316 g/mol. The van der Waals surface area contributed by atoms with Crippen LogP contribution in [-0.4, -0.2) is 0 Å². The summed E-state index contributed by atoms with van der Waals surface area (Å²) in [6, 6.07) is 0. The SMILES string of the molecule is [Co].[Fe].[Ni].[V].[Zr]. The number of rotatable bonds is 0. The van der Waals surface area contributed by atoms with Crippen molar-refractivity contribution >= 4 is 0 Å². The van der Waals surface area contributed by atoms with Gasteiger partial charge in [-0.1, -0.05) is 0 Å². The van der Waals surface area contributed by atoms with E-state index in [1.807, 2.05) is 0 Å². The summed E-state index contributed by atoms with van der Waals surface area (Å²) in [5.41, 5.74) is 0. The summed E-state index contributed by atoms with van der Waals surface area (Å²) < 4.78 is 0. The van der Waals surface area contributed by atoms with E-state index in [0.717, 1.165) is 0 Å². The van der Waals surface area contributed by atoms with Gasteiger partial charge in [0.15, 0.2) is 0 Å². The summed E-state index contributed by atoms with van der Waals surface area (Å²) in [7, 11) is 0. The first-order chi connectivity index (χ1) is 0. The van der Waals surface area contributed by atoms with E-state index in [1.165, 1.54) is 0 Å². The minimum atomic E-state index is 0. The Labute approximate surface area is 93.6 Å². The second-order valence-corrected chi connectivity index (χ2v) is 0. The summed E-state index contributed by atoms with van der Waals surface area (Å²) in [6.45, 7) is 0. The van der Waals surface area contributed by atoms with Crippen LogP contribution in [0, 0.1) is 0 Å². The molecule has 0 nitrogen and oxygen atoms in total. The predicted molar refractivity (Wildman–Crippen MR) is 0 cm³/mol. The van der Waals surface area contributed by atoms with Crippen molar-refractivity contribution in [3.05, 3.63) is 0 Å². The molecule has 2 radical (unpaired) electrons. The fourth-order valence-corrected chi connectivity index (χ4v) is 0. The normalized spacial score (nSPS) is 0. The first kappa shape index (κ1) is 43.7. The van der Waals surface area contributed by atoms with Crippen molar-refractivity contribution in [3.8, 4) is 0 Å². The van der Waals surface area contributed by atoms with Gasteiger partial charge in [-0.05, 0) is 0 Å². The molecule has 0 atom stereocenters. The topological polar surface area (TPSA) is 0 Å². The van der Waals surface area contributed by atoms with Crippen molar-refractivity contribution in [3.63, 3.8) is 0 Å². The summed E-state index contributed by atoms with van der Waals surface area (Å²) in [6.07, 6.45) is 0. The minimum Gasteiger partial charge on any atom is 0 e. The van der Waals surface area contributed by atoms with E-state index in [9.17, 15) is 0 Å². The maximum absolute atomic E-state index is 0. The Kier molecular flexibility index (Phi) is 245. The van der Waals surface area contributed by atoms with Crippen LogP contribution in [0.15, 0.2) is 0 Å². The van der Waals surface area contributed by atoms with Gasteiger partial charge >= 0.3 is 0 Å². The molecule has 0 N–H and O–H groups in total. The maximum Gasteiger partial charge on any atom is 0 e. The number of hydrogen-bond acceptors (Lipinski definition) is 0. The van der Waals surface area contributed by atoms with E-state index >= 15 is 0 Å². The van der Waals surface area contributed by atoms with Crippen molar-refractivity contribution in [1.29, 1.82) is 0 Å². The molecule has 0 aromatic heterocycles. The minimum absolute atomic E-state index is 0. The smallest absolute Gasteiger partial charge is 0 e. The zero-order chi connectivity index (χ0) is 0. The van der Waals surface area contributed by atoms with Crippen molar-refractivity contribution in [1.82, 2.24) is 0 Å². The Balaban J connectivity index is 0. The van der Waals surface area contributed by atoms with Crippen molar-refractivity contribution in [2.24, 2.45) is 0 Å². The molecule has 0 aromatic carbocycles. The molecule has 0 aliphatic carbocycles. The second kappa shape index (κ2) is 28.1. The Morgan fingerprint density at radius 1 is 1.00 bits per heavy atom. The Hall–Kier alpha value is 2.99. The fraction of sp³-hybridized carbons (Fsp3) is 0. The molecule has 0 unspecified atom stereocenters. The van der Waals surface area contributed by atoms with E-state index < -0.39 is 0 Å². The van der Waals surface area contributed by atoms with Gasteiger partial charge in [0.25, 0.3) is 0 Å². The molecule has 0 saturated heterocycles. The molecule has 0 amide bonds. The molecule has 0 aliphatic heterocycles. The first-order valence-corrected chi connectivity index (χ1v) is 0. The molecule has 0 bridgehead atoms. The van der Waals surface area contributed by atoms with Gasteiger partial charge in [-0.3, -0.25) is 0 Å². The molecular formula is CoFeNiVZr. The van der Waals surface area contributed by atoms with Gasteiger partial charge in [-0.25, -0.2) is 0 Å². The van der Waals surface area contributed by atoms with Gasteiger partial charge in [0.2, 0.25) is 0 Å². The van der Waals surface area contributed by atoms with Crippen LogP contribution >= 0.6 is 0 Å².